The van der Waals surface area contributed by atoms with Gasteiger partial charge in [0.25, 0.3) is 0 Å². The number of nitrogens with zero attached hydrogens (tertiary/aromatic N) is 2. The number of hydrogen-bond acceptors (Lipinski definition) is 3. The van der Waals surface area contributed by atoms with Gasteiger partial charge in [-0.3, -0.25) is 10.5 Å². The first-order chi connectivity index (χ1) is 8.13. The number of hydrogen-bond donors (Lipinski definition) is 2. The molecule has 0 amide bonds. The van der Waals surface area contributed by atoms with Crippen LogP contribution >= 0.6 is 22.6 Å². The Balaban J connectivity index is 2.45. The summed E-state index contributed by atoms with van der Waals surface area (Å²) in [6.07, 6.45) is 1.92. The van der Waals surface area contributed by atoms with Crippen molar-refractivity contribution >= 4 is 22.6 Å². The molecule has 17 heavy (non-hydrogen) atoms. The van der Waals surface area contributed by atoms with E-state index in [4.69, 9.17) is 5.84 Å². The fourth-order valence-electron chi connectivity index (χ4n) is 1.81. The monoisotopic (exact) mass is 342 g/mol. The summed E-state index contributed by atoms with van der Waals surface area (Å²) in [4.78, 5) is 0. The van der Waals surface area contributed by atoms with E-state index in [9.17, 15) is 0 Å². The second-order valence-electron chi connectivity index (χ2n) is 3.99. The molecule has 0 spiro atoms. The maximum absolute atomic E-state index is 5.66. The molecule has 5 heteroatoms. The summed E-state index contributed by atoms with van der Waals surface area (Å²) in [5.74, 6) is 5.66. The first kappa shape index (κ1) is 12.5. The lowest BCUT2D eigenvalue weighted by Crippen LogP contribution is -2.30. The number of benzene rings is 1. The minimum Gasteiger partial charge on any atom is -0.275 e. The molecule has 1 aromatic carbocycles. The van der Waals surface area contributed by atoms with Crippen LogP contribution in [0.1, 0.15) is 22.9 Å². The van der Waals surface area contributed by atoms with Gasteiger partial charge in [-0.2, -0.15) is 5.10 Å². The maximum Gasteiger partial charge on any atom is 0.0910 e. The van der Waals surface area contributed by atoms with Gasteiger partial charge in [0.2, 0.25) is 0 Å². The summed E-state index contributed by atoms with van der Waals surface area (Å²) in [5, 5.41) is 4.40. The van der Waals surface area contributed by atoms with Gasteiger partial charge in [0.05, 0.1) is 11.7 Å². The molecule has 0 radical (unpaired) electrons. The molecule has 1 heterocycles. The highest BCUT2D eigenvalue weighted by molar-refractivity contribution is 14.1. The zero-order chi connectivity index (χ0) is 12.4. The van der Waals surface area contributed by atoms with Crippen LogP contribution in [0, 0.1) is 10.5 Å². The zero-order valence-electron chi connectivity index (χ0n) is 9.81. The van der Waals surface area contributed by atoms with Gasteiger partial charge in [-0.1, -0.05) is 18.2 Å². The molecule has 0 fully saturated rings. The van der Waals surface area contributed by atoms with E-state index in [0.717, 1.165) is 11.3 Å². The minimum atomic E-state index is -0.0667. The Morgan fingerprint density at radius 1 is 1.41 bits per heavy atom. The third-order valence-electron chi connectivity index (χ3n) is 2.73. The van der Waals surface area contributed by atoms with Crippen molar-refractivity contribution in [2.45, 2.75) is 13.0 Å². The molecule has 1 atom stereocenters. The fourth-order valence-corrected chi connectivity index (χ4v) is 2.49. The summed E-state index contributed by atoms with van der Waals surface area (Å²) >= 11 is 2.35. The molecule has 1 unspecified atom stereocenters. The predicted molar refractivity (Wildman–Crippen MR) is 76.3 cm³/mol. The Morgan fingerprint density at radius 2 is 2.18 bits per heavy atom. The summed E-state index contributed by atoms with van der Waals surface area (Å²) in [6, 6.07) is 8.12. The summed E-state index contributed by atoms with van der Waals surface area (Å²) in [6.45, 7) is 2.09. The third-order valence-corrected chi connectivity index (χ3v) is 4.20. The number of nitrogens with two attached hydrogens (primary N) is 1. The molecule has 2 rings (SSSR count). The van der Waals surface area contributed by atoms with E-state index in [1.54, 1.807) is 4.68 Å². The molecule has 3 N–H and O–H groups in total. The van der Waals surface area contributed by atoms with Crippen molar-refractivity contribution in [1.29, 1.82) is 0 Å². The molecule has 1 aromatic heterocycles. The van der Waals surface area contributed by atoms with Crippen molar-refractivity contribution in [1.82, 2.24) is 15.2 Å². The van der Waals surface area contributed by atoms with Gasteiger partial charge in [-0.25, -0.2) is 5.43 Å². The van der Waals surface area contributed by atoms with E-state index in [1.165, 1.54) is 9.13 Å². The second kappa shape index (κ2) is 5.16. The summed E-state index contributed by atoms with van der Waals surface area (Å²) < 4.78 is 3.00. The molecule has 0 aliphatic rings. The number of nitrogens with one attached hydrogen (secondary N) is 1. The van der Waals surface area contributed by atoms with Crippen LogP contribution in [0.5, 0.6) is 0 Å². The van der Waals surface area contributed by atoms with E-state index < -0.39 is 0 Å². The van der Waals surface area contributed by atoms with Crippen LogP contribution in [0.15, 0.2) is 30.5 Å². The van der Waals surface area contributed by atoms with Crippen molar-refractivity contribution < 1.29 is 0 Å². The van der Waals surface area contributed by atoms with Crippen LogP contribution in [-0.4, -0.2) is 9.78 Å². The van der Waals surface area contributed by atoms with Crippen LogP contribution in [0.2, 0.25) is 0 Å². The molecule has 4 nitrogen and oxygen atoms in total. The SMILES string of the molecule is Cc1cccc(C(NN)c2ccn(C)n2)c1I. The number of rotatable bonds is 3. The smallest absolute Gasteiger partial charge is 0.0910 e. The first-order valence-corrected chi connectivity index (χ1v) is 6.42. The van der Waals surface area contributed by atoms with Crippen LogP contribution < -0.4 is 11.3 Å². The Bertz CT molecular complexity index is 521. The van der Waals surface area contributed by atoms with Crippen molar-refractivity contribution in [3.8, 4) is 0 Å². The van der Waals surface area contributed by atoms with Crippen molar-refractivity contribution in [2.75, 3.05) is 0 Å². The molecular formula is C12H15IN4. The maximum atomic E-state index is 5.66. The van der Waals surface area contributed by atoms with Gasteiger partial charge in [0.15, 0.2) is 0 Å². The zero-order valence-corrected chi connectivity index (χ0v) is 12.0. The summed E-state index contributed by atoms with van der Waals surface area (Å²) in [7, 11) is 1.90. The molecule has 0 saturated carbocycles. The highest BCUT2D eigenvalue weighted by atomic mass is 127. The normalized spacial score (nSPS) is 12.7. The van der Waals surface area contributed by atoms with Crippen molar-refractivity contribution in [3.63, 3.8) is 0 Å². The topological polar surface area (TPSA) is 55.9 Å². The molecule has 0 saturated heterocycles. The van der Waals surface area contributed by atoms with E-state index >= 15 is 0 Å². The fraction of sp³-hybridized carbons (Fsp3) is 0.250. The number of halogens is 1. The highest BCUT2D eigenvalue weighted by Gasteiger charge is 2.18. The van der Waals surface area contributed by atoms with Crippen LogP contribution in [0.25, 0.3) is 0 Å². The minimum absolute atomic E-state index is 0.0667. The molecule has 0 aliphatic carbocycles. The number of hydrazine groups is 1. The van der Waals surface area contributed by atoms with E-state index in [1.807, 2.05) is 25.4 Å². The van der Waals surface area contributed by atoms with E-state index in [2.05, 4.69) is 52.2 Å². The standard InChI is InChI=1S/C12H15IN4/c1-8-4-3-5-9(11(8)13)12(15-14)10-6-7-17(2)16-10/h3-7,12,15H,14H2,1-2H3. The van der Waals surface area contributed by atoms with E-state index in [-0.39, 0.29) is 6.04 Å². The quantitative estimate of drug-likeness (QED) is 0.509. The highest BCUT2D eigenvalue weighted by Crippen LogP contribution is 2.26. The Labute approximate surface area is 114 Å². The van der Waals surface area contributed by atoms with Crippen LogP contribution in [0.3, 0.4) is 0 Å². The van der Waals surface area contributed by atoms with Crippen LogP contribution in [0.4, 0.5) is 0 Å². The Hall–Kier alpha value is -0.920. The lowest BCUT2D eigenvalue weighted by Gasteiger charge is -2.16. The molecular weight excluding hydrogens is 327 g/mol. The van der Waals surface area contributed by atoms with Gasteiger partial charge in [0, 0.05) is 16.8 Å². The second-order valence-corrected chi connectivity index (χ2v) is 5.07. The van der Waals surface area contributed by atoms with Gasteiger partial charge < -0.3 is 0 Å². The van der Waals surface area contributed by atoms with Gasteiger partial charge in [-0.05, 0) is 46.7 Å². The average molecular weight is 342 g/mol. The number of aryl methyl sites for hydroxylation is 2. The van der Waals surface area contributed by atoms with Gasteiger partial charge >= 0.3 is 0 Å². The lowest BCUT2D eigenvalue weighted by atomic mass is 10.0. The van der Waals surface area contributed by atoms with Gasteiger partial charge in [-0.15, -0.1) is 0 Å². The van der Waals surface area contributed by atoms with Crippen molar-refractivity contribution in [2.24, 2.45) is 12.9 Å². The predicted octanol–water partition coefficient (Wildman–Crippen LogP) is 1.89. The first-order valence-electron chi connectivity index (χ1n) is 5.34. The Morgan fingerprint density at radius 3 is 2.76 bits per heavy atom. The van der Waals surface area contributed by atoms with Crippen LogP contribution in [-0.2, 0) is 7.05 Å². The average Bonchev–Trinajstić information content (AvgIpc) is 2.72. The largest absolute Gasteiger partial charge is 0.275 e. The molecule has 0 aliphatic heterocycles. The molecule has 2 aromatic rings. The summed E-state index contributed by atoms with van der Waals surface area (Å²) in [5.41, 5.74) is 6.17. The van der Waals surface area contributed by atoms with E-state index in [0.29, 0.717) is 0 Å². The Kier molecular flexibility index (Phi) is 3.80. The van der Waals surface area contributed by atoms with Crippen molar-refractivity contribution in [3.05, 3.63) is 50.9 Å². The van der Waals surface area contributed by atoms with Gasteiger partial charge in [0.1, 0.15) is 0 Å². The number of aromatic nitrogens is 2. The molecule has 0 bridgehead atoms. The molecule has 90 valence electrons. The third kappa shape index (κ3) is 2.51. The lowest BCUT2D eigenvalue weighted by molar-refractivity contribution is 0.601.